The van der Waals surface area contributed by atoms with Crippen molar-refractivity contribution < 1.29 is 46.5 Å². The maximum absolute atomic E-state index is 14.1. The third kappa shape index (κ3) is 9.81. The normalized spacial score (nSPS) is 12.1. The van der Waals surface area contributed by atoms with Crippen LogP contribution in [0.15, 0.2) is 59.1 Å². The summed E-state index contributed by atoms with van der Waals surface area (Å²) in [5.41, 5.74) is 3.46. The van der Waals surface area contributed by atoms with Crippen molar-refractivity contribution in [1.82, 2.24) is 15.6 Å². The van der Waals surface area contributed by atoms with Gasteiger partial charge in [0.2, 0.25) is 5.91 Å². The molecule has 2 amide bonds. The number of anilines is 1. The molecule has 12 nitrogen and oxygen atoms in total. The van der Waals surface area contributed by atoms with Crippen LogP contribution < -0.4 is 10.7 Å². The minimum atomic E-state index is -4.63. The molecule has 3 rings (SSSR count). The van der Waals surface area contributed by atoms with E-state index in [-0.39, 0.29) is 44.0 Å². The largest absolute Gasteiger partial charge is 0.469 e. The zero-order chi connectivity index (χ0) is 29.1. The fourth-order valence-electron chi connectivity index (χ4n) is 3.69. The molecule has 216 valence electrons. The number of benzene rings is 2. The summed E-state index contributed by atoms with van der Waals surface area (Å²) in [4.78, 5) is 42.6. The van der Waals surface area contributed by atoms with Gasteiger partial charge in [-0.3, -0.25) is 19.6 Å². The average Bonchev–Trinajstić information content (AvgIpc) is 3.37. The number of nitrogens with one attached hydrogen (secondary N) is 2. The number of phosphoric acid groups is 1. The van der Waals surface area contributed by atoms with E-state index in [2.05, 4.69) is 20.4 Å². The highest BCUT2D eigenvalue weighted by atomic mass is 31.2. The molecule has 0 aliphatic carbocycles. The van der Waals surface area contributed by atoms with Crippen LogP contribution in [0, 0.1) is 11.6 Å². The summed E-state index contributed by atoms with van der Waals surface area (Å²) in [6, 6.07) is 13.4. The molecule has 0 fully saturated rings. The molecule has 1 unspecified atom stereocenters. The number of hydrogen-bond acceptors (Lipinski definition) is 8. The molecule has 1 atom stereocenters. The van der Waals surface area contributed by atoms with Crippen LogP contribution in [0.1, 0.15) is 31.7 Å². The molecule has 40 heavy (non-hydrogen) atoms. The molecule has 0 aliphatic heterocycles. The molecule has 1 heterocycles. The Morgan fingerprint density at radius 3 is 2.58 bits per heavy atom. The standard InChI is InChI=1S/C25H29F2N4O8P/c1-17(32)31(28-15-19-10-7-12-21(26)24(19)27)20(11-5-6-13-38-40(34,35)36)16-37-25(33)29-23-14-22(39-30-23)18-8-3-2-4-9-18/h2-4,7-10,12,14,20,28H,5-6,11,13,15-16H2,1H3,(H,29,30,33)(H2,34,35,36). The van der Waals surface area contributed by atoms with Crippen molar-refractivity contribution in [3.63, 3.8) is 0 Å². The van der Waals surface area contributed by atoms with Crippen LogP contribution in [-0.2, 0) is 25.2 Å². The van der Waals surface area contributed by atoms with Crippen LogP contribution in [-0.4, -0.2) is 51.2 Å². The number of carbonyl (C=O) groups is 2. The summed E-state index contributed by atoms with van der Waals surface area (Å²) >= 11 is 0. The fourth-order valence-corrected chi connectivity index (χ4v) is 4.06. The average molecular weight is 582 g/mol. The maximum Gasteiger partial charge on any atom is 0.469 e. The van der Waals surface area contributed by atoms with Crippen molar-refractivity contribution in [2.75, 3.05) is 18.5 Å². The highest BCUT2D eigenvalue weighted by Crippen LogP contribution is 2.35. The maximum atomic E-state index is 14.1. The Balaban J connectivity index is 1.63. The number of phosphoric ester groups is 1. The van der Waals surface area contributed by atoms with Crippen LogP contribution in [0.5, 0.6) is 0 Å². The first kappa shape index (κ1) is 30.9. The summed E-state index contributed by atoms with van der Waals surface area (Å²) < 4.78 is 53.6. The van der Waals surface area contributed by atoms with Crippen molar-refractivity contribution in [2.24, 2.45) is 0 Å². The van der Waals surface area contributed by atoms with Crippen molar-refractivity contribution >= 4 is 25.6 Å². The number of hydrazine groups is 1. The van der Waals surface area contributed by atoms with Gasteiger partial charge in [-0.2, -0.15) is 0 Å². The van der Waals surface area contributed by atoms with Crippen molar-refractivity contribution in [3.05, 3.63) is 71.8 Å². The number of aromatic nitrogens is 1. The van der Waals surface area contributed by atoms with E-state index >= 15 is 0 Å². The predicted molar refractivity (Wildman–Crippen MR) is 138 cm³/mol. The van der Waals surface area contributed by atoms with Crippen LogP contribution in [0.4, 0.5) is 19.4 Å². The third-order valence-electron chi connectivity index (χ3n) is 5.57. The number of unbranched alkanes of at least 4 members (excludes halogenated alkanes) is 1. The number of ether oxygens (including phenoxy) is 1. The van der Waals surface area contributed by atoms with Crippen molar-refractivity contribution in [3.8, 4) is 11.3 Å². The third-order valence-corrected chi connectivity index (χ3v) is 6.09. The van der Waals surface area contributed by atoms with E-state index in [1.807, 2.05) is 18.2 Å². The molecule has 0 saturated heterocycles. The smallest absolute Gasteiger partial charge is 0.447 e. The Hall–Kier alpha value is -3.68. The molecule has 0 spiro atoms. The Morgan fingerprint density at radius 1 is 1.12 bits per heavy atom. The number of nitrogens with zero attached hydrogens (tertiary/aromatic N) is 2. The quantitative estimate of drug-likeness (QED) is 0.122. The number of hydrogen-bond donors (Lipinski definition) is 4. The SMILES string of the molecule is CC(=O)N(NCc1cccc(F)c1F)C(CCCCOP(=O)(O)O)COC(=O)Nc1cc(-c2ccccc2)on1. The number of halogens is 2. The molecule has 3 aromatic rings. The first-order valence-corrected chi connectivity index (χ1v) is 13.7. The van der Waals surface area contributed by atoms with Crippen LogP contribution >= 0.6 is 7.82 Å². The van der Waals surface area contributed by atoms with Gasteiger partial charge in [0.1, 0.15) is 6.61 Å². The first-order valence-electron chi connectivity index (χ1n) is 12.2. The lowest BCUT2D eigenvalue weighted by molar-refractivity contribution is -0.136. The zero-order valence-corrected chi connectivity index (χ0v) is 22.4. The van der Waals surface area contributed by atoms with E-state index in [1.54, 1.807) is 12.1 Å². The van der Waals surface area contributed by atoms with Gasteiger partial charge in [-0.15, -0.1) is 0 Å². The first-order chi connectivity index (χ1) is 19.0. The molecule has 0 bridgehead atoms. The van der Waals surface area contributed by atoms with Gasteiger partial charge < -0.3 is 19.0 Å². The van der Waals surface area contributed by atoms with E-state index in [1.165, 1.54) is 25.1 Å². The predicted octanol–water partition coefficient (Wildman–Crippen LogP) is 4.37. The fraction of sp³-hybridized carbons (Fsp3) is 0.320. The lowest BCUT2D eigenvalue weighted by Gasteiger charge is -2.31. The molecule has 0 radical (unpaired) electrons. The van der Waals surface area contributed by atoms with Gasteiger partial charge in [0, 0.05) is 30.7 Å². The summed E-state index contributed by atoms with van der Waals surface area (Å²) in [5.74, 6) is -2.09. The van der Waals surface area contributed by atoms with Gasteiger partial charge >= 0.3 is 13.9 Å². The molecule has 0 aliphatic rings. The van der Waals surface area contributed by atoms with Gasteiger partial charge in [0.15, 0.2) is 23.2 Å². The van der Waals surface area contributed by atoms with E-state index < -0.39 is 37.5 Å². The Kier molecular flexibility index (Phi) is 11.3. The Labute approximate surface area is 228 Å². The molecule has 2 aromatic carbocycles. The number of rotatable bonds is 14. The number of amides is 2. The Morgan fingerprint density at radius 2 is 1.88 bits per heavy atom. The Bertz CT molecular complexity index is 1320. The van der Waals surface area contributed by atoms with E-state index in [9.17, 15) is 22.9 Å². The molecular formula is C25H29F2N4O8P. The lowest BCUT2D eigenvalue weighted by atomic mass is 10.1. The van der Waals surface area contributed by atoms with Gasteiger partial charge in [-0.1, -0.05) is 47.6 Å². The monoisotopic (exact) mass is 582 g/mol. The molecule has 4 N–H and O–H groups in total. The topological polar surface area (TPSA) is 163 Å². The van der Waals surface area contributed by atoms with Crippen LogP contribution in [0.2, 0.25) is 0 Å². The minimum absolute atomic E-state index is 0.0287. The number of carbonyl (C=O) groups excluding carboxylic acids is 2. The summed E-state index contributed by atoms with van der Waals surface area (Å²) in [6.45, 7) is 0.441. The zero-order valence-electron chi connectivity index (χ0n) is 21.5. The van der Waals surface area contributed by atoms with E-state index in [4.69, 9.17) is 19.0 Å². The second-order valence-corrected chi connectivity index (χ2v) is 9.82. The van der Waals surface area contributed by atoms with Gasteiger partial charge in [-0.25, -0.2) is 23.6 Å². The summed E-state index contributed by atoms with van der Waals surface area (Å²) in [7, 11) is -4.63. The molecule has 15 heteroatoms. The highest BCUT2D eigenvalue weighted by molar-refractivity contribution is 7.46. The summed E-state index contributed by atoms with van der Waals surface area (Å²) in [6.07, 6.45) is -0.140. The second kappa shape index (κ2) is 14.6. The van der Waals surface area contributed by atoms with Crippen LogP contribution in [0.3, 0.4) is 0 Å². The van der Waals surface area contributed by atoms with Crippen molar-refractivity contribution in [1.29, 1.82) is 0 Å². The van der Waals surface area contributed by atoms with Crippen LogP contribution in [0.25, 0.3) is 11.3 Å². The van der Waals surface area contributed by atoms with E-state index in [0.717, 1.165) is 16.6 Å². The van der Waals surface area contributed by atoms with E-state index in [0.29, 0.717) is 12.2 Å². The lowest BCUT2D eigenvalue weighted by Crippen LogP contribution is -2.50. The van der Waals surface area contributed by atoms with Gasteiger partial charge in [0.05, 0.1) is 12.6 Å². The summed E-state index contributed by atoms with van der Waals surface area (Å²) in [5, 5.41) is 7.35. The molecular weight excluding hydrogens is 553 g/mol. The highest BCUT2D eigenvalue weighted by Gasteiger charge is 2.24. The molecule has 1 aromatic heterocycles. The second-order valence-electron chi connectivity index (χ2n) is 8.58. The van der Waals surface area contributed by atoms with Crippen molar-refractivity contribution in [2.45, 2.75) is 38.8 Å². The van der Waals surface area contributed by atoms with Gasteiger partial charge in [0.25, 0.3) is 0 Å². The van der Waals surface area contributed by atoms with Gasteiger partial charge in [-0.05, 0) is 25.3 Å². The molecule has 0 saturated carbocycles. The minimum Gasteiger partial charge on any atom is -0.447 e.